The molecule has 19 heavy (non-hydrogen) atoms. The Bertz CT molecular complexity index is 301. The fourth-order valence-corrected chi connectivity index (χ4v) is 1.94. The van der Waals surface area contributed by atoms with E-state index in [9.17, 15) is 4.79 Å². The molecular formula is C13H27N5O. The number of primary amides is 1. The first-order chi connectivity index (χ1) is 9.06. The number of amides is 1. The molecule has 1 unspecified atom stereocenters. The molecular weight excluding hydrogens is 242 g/mol. The molecule has 0 saturated heterocycles. The van der Waals surface area contributed by atoms with E-state index in [1.807, 2.05) is 6.92 Å². The number of carbonyl (C=O) groups excluding carboxylic acids is 1. The van der Waals surface area contributed by atoms with Gasteiger partial charge in [0, 0.05) is 11.5 Å². The molecule has 110 valence electrons. The third-order valence-electron chi connectivity index (χ3n) is 3.34. The Hall–Kier alpha value is -1.26. The smallest absolute Gasteiger partial charge is 0.237 e. The maximum atomic E-state index is 11.5. The van der Waals surface area contributed by atoms with Gasteiger partial charge in [-0.25, -0.2) is 0 Å². The molecule has 6 heteroatoms. The topological polar surface area (TPSA) is 104 Å². The van der Waals surface area contributed by atoms with Crippen LogP contribution < -0.4 is 11.1 Å². The van der Waals surface area contributed by atoms with E-state index in [0.717, 1.165) is 19.3 Å². The van der Waals surface area contributed by atoms with E-state index in [4.69, 9.17) is 11.3 Å². The van der Waals surface area contributed by atoms with E-state index in [1.165, 1.54) is 19.3 Å². The van der Waals surface area contributed by atoms with Gasteiger partial charge in [-0.15, -0.1) is 0 Å². The van der Waals surface area contributed by atoms with E-state index in [0.29, 0.717) is 19.5 Å². The zero-order valence-corrected chi connectivity index (χ0v) is 12.2. The van der Waals surface area contributed by atoms with Gasteiger partial charge in [0.05, 0.1) is 5.54 Å². The van der Waals surface area contributed by atoms with Gasteiger partial charge < -0.3 is 11.1 Å². The minimum atomic E-state index is -0.650. The molecule has 6 nitrogen and oxygen atoms in total. The van der Waals surface area contributed by atoms with E-state index in [2.05, 4.69) is 22.3 Å². The van der Waals surface area contributed by atoms with Crippen molar-refractivity contribution in [1.82, 2.24) is 5.32 Å². The number of hydrogen-bond acceptors (Lipinski definition) is 3. The number of unbranched alkanes of at least 4 members (excludes halogenated alkanes) is 4. The molecule has 0 rings (SSSR count). The Morgan fingerprint density at radius 2 is 2.00 bits per heavy atom. The van der Waals surface area contributed by atoms with E-state index >= 15 is 0 Å². The number of carbonyl (C=O) groups is 1. The van der Waals surface area contributed by atoms with Gasteiger partial charge in [-0.05, 0) is 31.8 Å². The van der Waals surface area contributed by atoms with Crippen molar-refractivity contribution in [2.24, 2.45) is 10.8 Å². The van der Waals surface area contributed by atoms with Crippen molar-refractivity contribution in [2.45, 2.75) is 64.3 Å². The number of hydrogen-bond donors (Lipinski definition) is 2. The van der Waals surface area contributed by atoms with Gasteiger partial charge in [-0.2, -0.15) is 0 Å². The maximum Gasteiger partial charge on any atom is 0.237 e. The Kier molecular flexibility index (Phi) is 9.94. The third kappa shape index (κ3) is 8.46. The average molecular weight is 269 g/mol. The molecule has 1 atom stereocenters. The summed E-state index contributed by atoms with van der Waals surface area (Å²) in [6, 6.07) is 0. The predicted molar refractivity (Wildman–Crippen MR) is 77.6 cm³/mol. The summed E-state index contributed by atoms with van der Waals surface area (Å²) < 4.78 is 0. The minimum absolute atomic E-state index is 0.313. The summed E-state index contributed by atoms with van der Waals surface area (Å²) >= 11 is 0. The van der Waals surface area contributed by atoms with Crippen LogP contribution in [0.4, 0.5) is 0 Å². The minimum Gasteiger partial charge on any atom is -0.368 e. The third-order valence-corrected chi connectivity index (χ3v) is 3.34. The van der Waals surface area contributed by atoms with Crippen LogP contribution in [-0.2, 0) is 4.79 Å². The lowest BCUT2D eigenvalue weighted by atomic mass is 9.93. The molecule has 0 bridgehead atoms. The maximum absolute atomic E-state index is 11.5. The van der Waals surface area contributed by atoms with Crippen LogP contribution in [0.25, 0.3) is 10.4 Å². The first-order valence-electron chi connectivity index (χ1n) is 7.12. The van der Waals surface area contributed by atoms with Crippen molar-refractivity contribution in [2.75, 3.05) is 13.1 Å². The van der Waals surface area contributed by atoms with Crippen LogP contribution in [0.5, 0.6) is 0 Å². The van der Waals surface area contributed by atoms with Crippen LogP contribution in [-0.4, -0.2) is 24.5 Å². The fraction of sp³-hybridized carbons (Fsp3) is 0.923. The van der Waals surface area contributed by atoms with Crippen molar-refractivity contribution in [3.8, 4) is 0 Å². The Balaban J connectivity index is 3.97. The highest BCUT2D eigenvalue weighted by Gasteiger charge is 2.29. The molecule has 0 aromatic rings. The van der Waals surface area contributed by atoms with Gasteiger partial charge in [0.2, 0.25) is 5.91 Å². The summed E-state index contributed by atoms with van der Waals surface area (Å²) in [4.78, 5) is 14.2. The van der Waals surface area contributed by atoms with Crippen LogP contribution in [0.1, 0.15) is 58.8 Å². The van der Waals surface area contributed by atoms with Crippen molar-refractivity contribution in [3.05, 3.63) is 10.4 Å². The summed E-state index contributed by atoms with van der Waals surface area (Å²) in [7, 11) is 0. The van der Waals surface area contributed by atoms with E-state index < -0.39 is 5.54 Å². The van der Waals surface area contributed by atoms with Crippen LogP contribution >= 0.6 is 0 Å². The van der Waals surface area contributed by atoms with Gasteiger partial charge in [0.25, 0.3) is 0 Å². The zero-order valence-electron chi connectivity index (χ0n) is 12.2. The number of nitrogens with two attached hydrogens (primary N) is 1. The summed E-state index contributed by atoms with van der Waals surface area (Å²) in [6.45, 7) is 5.10. The molecule has 0 aromatic heterocycles. The standard InChI is InChI=1S/C13H27N5O/c1-3-4-5-6-7-9-13(2,12(14)19)16-10-8-11-17-18-15/h16H,3-11H2,1-2H3,(H2,14,19). The Labute approximate surface area is 115 Å². The fourth-order valence-electron chi connectivity index (χ4n) is 1.94. The van der Waals surface area contributed by atoms with Gasteiger partial charge in [0.1, 0.15) is 0 Å². The normalized spacial score (nSPS) is 13.6. The largest absolute Gasteiger partial charge is 0.368 e. The molecule has 0 saturated carbocycles. The number of nitrogens with one attached hydrogen (secondary N) is 1. The molecule has 0 aromatic carbocycles. The lowest BCUT2D eigenvalue weighted by Gasteiger charge is -2.27. The second-order valence-corrected chi connectivity index (χ2v) is 5.10. The van der Waals surface area contributed by atoms with Crippen molar-refractivity contribution in [1.29, 1.82) is 0 Å². The van der Waals surface area contributed by atoms with E-state index in [1.54, 1.807) is 0 Å². The molecule has 1 amide bonds. The summed E-state index contributed by atoms with van der Waals surface area (Å²) in [5.41, 5.74) is 13.0. The molecule has 0 fully saturated rings. The Morgan fingerprint density at radius 3 is 2.58 bits per heavy atom. The quantitative estimate of drug-likeness (QED) is 0.246. The highest BCUT2D eigenvalue weighted by molar-refractivity contribution is 5.84. The van der Waals surface area contributed by atoms with Crippen molar-refractivity contribution < 1.29 is 4.79 Å². The van der Waals surface area contributed by atoms with E-state index in [-0.39, 0.29) is 5.91 Å². The predicted octanol–water partition coefficient (Wildman–Crippen LogP) is 2.88. The summed E-state index contributed by atoms with van der Waals surface area (Å²) in [5, 5.41) is 6.64. The highest BCUT2D eigenvalue weighted by atomic mass is 16.1. The first kappa shape index (κ1) is 17.7. The summed E-state index contributed by atoms with van der Waals surface area (Å²) in [5.74, 6) is -0.313. The number of nitrogens with zero attached hydrogens (tertiary/aromatic N) is 3. The van der Waals surface area contributed by atoms with Crippen molar-refractivity contribution >= 4 is 5.91 Å². The number of rotatable bonds is 12. The second-order valence-electron chi connectivity index (χ2n) is 5.10. The zero-order chi connectivity index (χ0) is 14.6. The van der Waals surface area contributed by atoms with Gasteiger partial charge in [-0.1, -0.05) is 44.1 Å². The van der Waals surface area contributed by atoms with Crippen LogP contribution in [0.3, 0.4) is 0 Å². The molecule has 0 aliphatic rings. The molecule has 3 N–H and O–H groups in total. The molecule has 0 spiro atoms. The Morgan fingerprint density at radius 1 is 1.32 bits per heavy atom. The lowest BCUT2D eigenvalue weighted by Crippen LogP contribution is -2.53. The SMILES string of the molecule is CCCCCCCC(C)(NCCCN=[N+]=[N-])C(N)=O. The van der Waals surface area contributed by atoms with Gasteiger partial charge >= 0.3 is 0 Å². The molecule has 0 heterocycles. The highest BCUT2D eigenvalue weighted by Crippen LogP contribution is 2.15. The van der Waals surface area contributed by atoms with Gasteiger partial charge in [0.15, 0.2) is 0 Å². The van der Waals surface area contributed by atoms with Gasteiger partial charge in [-0.3, -0.25) is 4.79 Å². The molecule has 0 aliphatic heterocycles. The average Bonchev–Trinajstić information content (AvgIpc) is 2.38. The monoisotopic (exact) mass is 269 g/mol. The van der Waals surface area contributed by atoms with Crippen LogP contribution in [0.2, 0.25) is 0 Å². The summed E-state index contributed by atoms with van der Waals surface area (Å²) in [6.07, 6.45) is 7.27. The van der Waals surface area contributed by atoms with Crippen LogP contribution in [0, 0.1) is 0 Å². The second kappa shape index (κ2) is 10.6. The molecule has 0 radical (unpaired) electrons. The molecule has 0 aliphatic carbocycles. The van der Waals surface area contributed by atoms with Crippen molar-refractivity contribution in [3.63, 3.8) is 0 Å². The lowest BCUT2D eigenvalue weighted by molar-refractivity contribution is -0.124. The number of azide groups is 1. The van der Waals surface area contributed by atoms with Crippen LogP contribution in [0.15, 0.2) is 5.11 Å². The first-order valence-corrected chi connectivity index (χ1v) is 7.12.